The van der Waals surface area contributed by atoms with E-state index in [0.29, 0.717) is 17.1 Å². The van der Waals surface area contributed by atoms with E-state index in [1.54, 1.807) is 36.4 Å². The Morgan fingerprint density at radius 3 is 2.28 bits per heavy atom. The van der Waals surface area contributed by atoms with Crippen molar-refractivity contribution >= 4 is 12.1 Å². The molecule has 126 valence electrons. The number of hydrogen-bond acceptors (Lipinski definition) is 3. The first-order chi connectivity index (χ1) is 12.1. The molecular formula is C19H14F2N2O2. The number of benzene rings is 2. The minimum absolute atomic E-state index is 0.0939. The van der Waals surface area contributed by atoms with E-state index in [0.717, 1.165) is 5.56 Å². The lowest BCUT2D eigenvalue weighted by atomic mass is 10.1. The molecule has 3 rings (SSSR count). The van der Waals surface area contributed by atoms with Crippen molar-refractivity contribution in [2.24, 2.45) is 5.10 Å². The Hall–Kier alpha value is -3.28. The topological polar surface area (TPSA) is 54.6 Å². The van der Waals surface area contributed by atoms with Gasteiger partial charge < -0.3 is 4.42 Å². The molecule has 0 aliphatic rings. The number of carbonyl (C=O) groups is 1. The van der Waals surface area contributed by atoms with Crippen molar-refractivity contribution in [1.82, 2.24) is 5.43 Å². The Bertz CT molecular complexity index is 885. The fourth-order valence-electron chi connectivity index (χ4n) is 2.19. The van der Waals surface area contributed by atoms with Gasteiger partial charge in [-0.2, -0.15) is 5.10 Å². The van der Waals surface area contributed by atoms with E-state index >= 15 is 0 Å². The van der Waals surface area contributed by atoms with E-state index in [2.05, 4.69) is 10.5 Å². The first-order valence-corrected chi connectivity index (χ1v) is 7.52. The highest BCUT2D eigenvalue weighted by Gasteiger charge is 2.05. The molecule has 0 atom stereocenters. The van der Waals surface area contributed by atoms with Crippen LogP contribution in [0.1, 0.15) is 11.3 Å². The van der Waals surface area contributed by atoms with Crippen molar-refractivity contribution in [2.75, 3.05) is 0 Å². The van der Waals surface area contributed by atoms with E-state index < -0.39 is 0 Å². The van der Waals surface area contributed by atoms with Crippen LogP contribution in [0.5, 0.6) is 0 Å². The van der Waals surface area contributed by atoms with Crippen LogP contribution in [-0.4, -0.2) is 12.1 Å². The molecule has 1 amide bonds. The summed E-state index contributed by atoms with van der Waals surface area (Å²) in [5.41, 5.74) is 3.80. The number of nitrogens with one attached hydrogen (secondary N) is 1. The summed E-state index contributed by atoms with van der Waals surface area (Å²) >= 11 is 0. The zero-order valence-corrected chi connectivity index (χ0v) is 13.1. The number of furan rings is 1. The van der Waals surface area contributed by atoms with Crippen molar-refractivity contribution < 1.29 is 18.0 Å². The lowest BCUT2D eigenvalue weighted by Gasteiger charge is -2.00. The van der Waals surface area contributed by atoms with Crippen molar-refractivity contribution in [3.05, 3.63) is 83.6 Å². The molecule has 1 N–H and O–H groups in total. The summed E-state index contributed by atoms with van der Waals surface area (Å²) in [5.74, 6) is 0.0200. The van der Waals surface area contributed by atoms with Crippen LogP contribution < -0.4 is 5.43 Å². The first-order valence-electron chi connectivity index (χ1n) is 7.52. The molecule has 1 heterocycles. The summed E-state index contributed by atoms with van der Waals surface area (Å²) in [6, 6.07) is 15.0. The fourth-order valence-corrected chi connectivity index (χ4v) is 2.19. The normalized spacial score (nSPS) is 11.0. The minimum Gasteiger partial charge on any atom is -0.455 e. The smallest absolute Gasteiger partial charge is 0.244 e. The molecule has 0 aliphatic heterocycles. The Labute approximate surface area is 142 Å². The fraction of sp³-hybridized carbons (Fsp3) is 0.0526. The maximum absolute atomic E-state index is 12.9. The van der Waals surface area contributed by atoms with Crippen molar-refractivity contribution in [3.63, 3.8) is 0 Å². The molecule has 0 unspecified atom stereocenters. The van der Waals surface area contributed by atoms with Gasteiger partial charge in [0.1, 0.15) is 23.2 Å². The van der Waals surface area contributed by atoms with E-state index in [1.165, 1.54) is 30.5 Å². The molecule has 2 aromatic carbocycles. The number of rotatable bonds is 5. The molecular weight excluding hydrogens is 326 g/mol. The molecule has 0 spiro atoms. The van der Waals surface area contributed by atoms with Gasteiger partial charge in [0.2, 0.25) is 5.91 Å². The molecule has 1 aromatic heterocycles. The van der Waals surface area contributed by atoms with E-state index in [-0.39, 0.29) is 24.0 Å². The summed E-state index contributed by atoms with van der Waals surface area (Å²) in [6.07, 6.45) is 1.46. The van der Waals surface area contributed by atoms with Gasteiger partial charge in [-0.15, -0.1) is 0 Å². The van der Waals surface area contributed by atoms with E-state index in [1.807, 2.05) is 0 Å². The number of halogens is 2. The van der Waals surface area contributed by atoms with E-state index in [9.17, 15) is 13.6 Å². The van der Waals surface area contributed by atoms with Crippen molar-refractivity contribution in [3.8, 4) is 11.3 Å². The third-order valence-electron chi connectivity index (χ3n) is 3.41. The van der Waals surface area contributed by atoms with Gasteiger partial charge in [-0.3, -0.25) is 4.79 Å². The van der Waals surface area contributed by atoms with Gasteiger partial charge in [-0.25, -0.2) is 14.2 Å². The highest BCUT2D eigenvalue weighted by molar-refractivity contribution is 5.82. The number of hydrogen-bond donors (Lipinski definition) is 1. The lowest BCUT2D eigenvalue weighted by Crippen LogP contribution is -2.19. The molecule has 3 aromatic rings. The molecule has 0 aliphatic carbocycles. The predicted octanol–water partition coefficient (Wildman–Crippen LogP) is 3.92. The van der Waals surface area contributed by atoms with Crippen molar-refractivity contribution in [2.45, 2.75) is 6.42 Å². The summed E-state index contributed by atoms with van der Waals surface area (Å²) in [6.45, 7) is 0. The molecule has 0 bridgehead atoms. The maximum atomic E-state index is 12.9. The molecule has 0 saturated carbocycles. The van der Waals surface area contributed by atoms with Gasteiger partial charge in [0, 0.05) is 5.56 Å². The molecule has 0 saturated heterocycles. The molecule has 0 fully saturated rings. The largest absolute Gasteiger partial charge is 0.455 e. The van der Waals surface area contributed by atoms with Gasteiger partial charge in [-0.1, -0.05) is 12.1 Å². The average Bonchev–Trinajstić information content (AvgIpc) is 3.06. The number of carbonyl (C=O) groups excluding carboxylic acids is 1. The minimum atomic E-state index is -0.350. The Balaban J connectivity index is 1.56. The van der Waals surface area contributed by atoms with Crippen LogP contribution in [0.4, 0.5) is 8.78 Å². The average molecular weight is 340 g/mol. The standard InChI is InChI=1S/C19H14F2N2O2/c20-15-5-1-13(2-6-15)11-19(24)23-22-12-17-9-10-18(25-17)14-3-7-16(21)8-4-14/h1-10,12H,11H2,(H,23,24)/b22-12+. The third kappa shape index (κ3) is 4.60. The van der Waals surface area contributed by atoms with Crippen LogP contribution in [0.25, 0.3) is 11.3 Å². The van der Waals surface area contributed by atoms with Gasteiger partial charge >= 0.3 is 0 Å². The van der Waals surface area contributed by atoms with Crippen LogP contribution >= 0.6 is 0 Å². The van der Waals surface area contributed by atoms with Gasteiger partial charge in [-0.05, 0) is 54.1 Å². The first kappa shape index (κ1) is 16.6. The summed E-state index contributed by atoms with van der Waals surface area (Å²) in [5, 5.41) is 3.82. The Kier molecular flexibility index (Phi) is 4.99. The van der Waals surface area contributed by atoms with Gasteiger partial charge in [0.05, 0.1) is 12.6 Å². The summed E-state index contributed by atoms with van der Waals surface area (Å²) < 4.78 is 31.3. The summed E-state index contributed by atoms with van der Waals surface area (Å²) in [4.78, 5) is 11.8. The maximum Gasteiger partial charge on any atom is 0.244 e. The zero-order chi connectivity index (χ0) is 17.6. The number of hydrazone groups is 1. The van der Waals surface area contributed by atoms with Gasteiger partial charge in [0.25, 0.3) is 0 Å². The number of amides is 1. The van der Waals surface area contributed by atoms with Crippen LogP contribution in [0.3, 0.4) is 0 Å². The predicted molar refractivity (Wildman–Crippen MR) is 89.9 cm³/mol. The third-order valence-corrected chi connectivity index (χ3v) is 3.41. The second-order valence-electron chi connectivity index (χ2n) is 5.31. The van der Waals surface area contributed by atoms with Crippen molar-refractivity contribution in [1.29, 1.82) is 0 Å². The van der Waals surface area contributed by atoms with E-state index in [4.69, 9.17) is 4.42 Å². The second kappa shape index (κ2) is 7.53. The zero-order valence-electron chi connectivity index (χ0n) is 13.1. The van der Waals surface area contributed by atoms with Crippen LogP contribution in [-0.2, 0) is 11.2 Å². The van der Waals surface area contributed by atoms with Crippen LogP contribution in [0, 0.1) is 11.6 Å². The Morgan fingerprint density at radius 1 is 0.960 bits per heavy atom. The van der Waals surface area contributed by atoms with Crippen LogP contribution in [0.15, 0.2) is 70.2 Å². The Morgan fingerprint density at radius 2 is 1.60 bits per heavy atom. The monoisotopic (exact) mass is 340 g/mol. The quantitative estimate of drug-likeness (QED) is 0.565. The molecule has 6 heteroatoms. The SMILES string of the molecule is O=C(Cc1ccc(F)cc1)N/N=C/c1ccc(-c2ccc(F)cc2)o1. The lowest BCUT2D eigenvalue weighted by molar-refractivity contribution is -0.120. The van der Waals surface area contributed by atoms with Gasteiger partial charge in [0.15, 0.2) is 0 Å². The highest BCUT2D eigenvalue weighted by atomic mass is 19.1. The van der Waals surface area contributed by atoms with Crippen LogP contribution in [0.2, 0.25) is 0 Å². The summed E-state index contributed by atoms with van der Waals surface area (Å²) in [7, 11) is 0. The molecule has 25 heavy (non-hydrogen) atoms. The molecule has 0 radical (unpaired) electrons. The highest BCUT2D eigenvalue weighted by Crippen LogP contribution is 2.21. The molecule has 4 nitrogen and oxygen atoms in total. The number of nitrogens with zero attached hydrogens (tertiary/aromatic N) is 1. The second-order valence-corrected chi connectivity index (χ2v) is 5.31.